The minimum absolute atomic E-state index is 0.157. The molecule has 0 atom stereocenters. The van der Waals surface area contributed by atoms with Crippen molar-refractivity contribution in [3.8, 4) is 0 Å². The van der Waals surface area contributed by atoms with Crippen molar-refractivity contribution in [3.05, 3.63) is 22.4 Å². The number of rotatable bonds is 1. The first-order chi connectivity index (χ1) is 7.77. The van der Waals surface area contributed by atoms with E-state index in [0.29, 0.717) is 0 Å². The standard InChI is InChI=1S/C11H12BrN3O/c12-9-5-14-6-10-8(9)1-2-15(10)11(16)7-3-13-4-7/h5-7,13H,1-4H2. The molecule has 1 aromatic rings. The maximum absolute atomic E-state index is 12.1. The Hall–Kier alpha value is -0.940. The quantitative estimate of drug-likeness (QED) is 0.834. The summed E-state index contributed by atoms with van der Waals surface area (Å²) in [7, 11) is 0. The smallest absolute Gasteiger partial charge is 0.232 e. The van der Waals surface area contributed by atoms with Crippen LogP contribution in [0.4, 0.5) is 5.69 Å². The molecule has 0 aromatic carbocycles. The summed E-state index contributed by atoms with van der Waals surface area (Å²) in [6, 6.07) is 0. The van der Waals surface area contributed by atoms with Gasteiger partial charge in [-0.25, -0.2) is 0 Å². The SMILES string of the molecule is O=C(C1CNC1)N1CCc2c(Br)cncc21. The van der Waals surface area contributed by atoms with Gasteiger partial charge in [0, 0.05) is 30.3 Å². The van der Waals surface area contributed by atoms with Gasteiger partial charge >= 0.3 is 0 Å². The third kappa shape index (κ3) is 1.46. The van der Waals surface area contributed by atoms with Crippen molar-refractivity contribution in [3.63, 3.8) is 0 Å². The van der Waals surface area contributed by atoms with Crippen LogP contribution in [-0.4, -0.2) is 30.5 Å². The summed E-state index contributed by atoms with van der Waals surface area (Å²) in [5.41, 5.74) is 2.18. The molecule has 0 aliphatic carbocycles. The molecule has 3 heterocycles. The fourth-order valence-electron chi connectivity index (χ4n) is 2.19. The van der Waals surface area contributed by atoms with E-state index in [2.05, 4.69) is 26.2 Å². The van der Waals surface area contributed by atoms with Crippen molar-refractivity contribution in [2.75, 3.05) is 24.5 Å². The van der Waals surface area contributed by atoms with Gasteiger partial charge in [-0.2, -0.15) is 0 Å². The van der Waals surface area contributed by atoms with Gasteiger partial charge in [-0.1, -0.05) is 0 Å². The molecule has 16 heavy (non-hydrogen) atoms. The topological polar surface area (TPSA) is 45.2 Å². The molecular weight excluding hydrogens is 270 g/mol. The van der Waals surface area contributed by atoms with Gasteiger partial charge in [-0.05, 0) is 27.9 Å². The fraction of sp³-hybridized carbons (Fsp3) is 0.455. The molecule has 1 aromatic heterocycles. The number of nitrogens with zero attached hydrogens (tertiary/aromatic N) is 2. The second kappa shape index (κ2) is 3.82. The first-order valence-electron chi connectivity index (χ1n) is 5.42. The molecule has 2 aliphatic heterocycles. The van der Waals surface area contributed by atoms with Crippen LogP contribution in [0.3, 0.4) is 0 Å². The molecule has 4 nitrogen and oxygen atoms in total. The zero-order valence-corrected chi connectivity index (χ0v) is 10.3. The summed E-state index contributed by atoms with van der Waals surface area (Å²) in [5, 5.41) is 3.13. The van der Waals surface area contributed by atoms with E-state index in [0.717, 1.165) is 36.2 Å². The van der Waals surface area contributed by atoms with Gasteiger partial charge in [0.25, 0.3) is 0 Å². The molecule has 0 radical (unpaired) electrons. The Morgan fingerprint density at radius 2 is 2.31 bits per heavy atom. The molecule has 0 unspecified atom stereocenters. The lowest BCUT2D eigenvalue weighted by Gasteiger charge is -2.30. The summed E-state index contributed by atoms with van der Waals surface area (Å²) >= 11 is 3.48. The Morgan fingerprint density at radius 1 is 1.50 bits per heavy atom. The van der Waals surface area contributed by atoms with E-state index in [-0.39, 0.29) is 11.8 Å². The number of fused-ring (bicyclic) bond motifs is 1. The number of carbonyl (C=O) groups excluding carboxylic acids is 1. The largest absolute Gasteiger partial charge is 0.315 e. The molecule has 5 heteroatoms. The van der Waals surface area contributed by atoms with Gasteiger partial charge in [0.05, 0.1) is 17.8 Å². The molecule has 84 valence electrons. The van der Waals surface area contributed by atoms with E-state index in [4.69, 9.17) is 0 Å². The first kappa shape index (κ1) is 10.2. The summed E-state index contributed by atoms with van der Waals surface area (Å²) in [5.74, 6) is 0.391. The van der Waals surface area contributed by atoms with E-state index in [1.165, 1.54) is 5.56 Å². The van der Waals surface area contributed by atoms with Gasteiger partial charge in [-0.15, -0.1) is 0 Å². The zero-order valence-electron chi connectivity index (χ0n) is 8.74. The molecule has 0 saturated carbocycles. The Balaban J connectivity index is 1.90. The number of halogens is 1. The molecule has 1 fully saturated rings. The molecule has 1 amide bonds. The number of hydrogen-bond acceptors (Lipinski definition) is 3. The maximum Gasteiger partial charge on any atom is 0.232 e. The van der Waals surface area contributed by atoms with Crippen LogP contribution < -0.4 is 10.2 Å². The molecule has 1 N–H and O–H groups in total. The van der Waals surface area contributed by atoms with Gasteiger partial charge in [0.15, 0.2) is 0 Å². The van der Waals surface area contributed by atoms with Gasteiger partial charge in [0.2, 0.25) is 5.91 Å². The lowest BCUT2D eigenvalue weighted by Crippen LogP contribution is -2.51. The lowest BCUT2D eigenvalue weighted by atomic mass is 10.0. The van der Waals surface area contributed by atoms with E-state index in [9.17, 15) is 4.79 Å². The number of hydrogen-bond donors (Lipinski definition) is 1. The third-order valence-corrected chi connectivity index (χ3v) is 3.94. The molecule has 2 aliphatic rings. The van der Waals surface area contributed by atoms with Gasteiger partial charge in [0.1, 0.15) is 0 Å². The van der Waals surface area contributed by atoms with Crippen molar-refractivity contribution in [2.24, 2.45) is 5.92 Å². The highest BCUT2D eigenvalue weighted by atomic mass is 79.9. The monoisotopic (exact) mass is 281 g/mol. The lowest BCUT2D eigenvalue weighted by molar-refractivity contribution is -0.123. The second-order valence-corrected chi connectivity index (χ2v) is 5.07. The zero-order chi connectivity index (χ0) is 11.1. The molecule has 3 rings (SSSR count). The molecule has 1 saturated heterocycles. The summed E-state index contributed by atoms with van der Waals surface area (Å²) in [6.45, 7) is 2.41. The van der Waals surface area contributed by atoms with Crippen LogP contribution in [0.5, 0.6) is 0 Å². The number of nitrogens with one attached hydrogen (secondary N) is 1. The van der Waals surface area contributed by atoms with E-state index < -0.39 is 0 Å². The van der Waals surface area contributed by atoms with Crippen LogP contribution in [-0.2, 0) is 11.2 Å². The maximum atomic E-state index is 12.1. The molecule has 0 bridgehead atoms. The van der Waals surface area contributed by atoms with Crippen LogP contribution in [0.2, 0.25) is 0 Å². The van der Waals surface area contributed by atoms with Crippen molar-refractivity contribution in [1.29, 1.82) is 0 Å². The molecular formula is C11H12BrN3O. The third-order valence-electron chi connectivity index (χ3n) is 3.26. The fourth-order valence-corrected chi connectivity index (χ4v) is 2.71. The average molecular weight is 282 g/mol. The van der Waals surface area contributed by atoms with Gasteiger partial charge in [-0.3, -0.25) is 9.78 Å². The van der Waals surface area contributed by atoms with Crippen molar-refractivity contribution < 1.29 is 4.79 Å². The summed E-state index contributed by atoms with van der Waals surface area (Å²) in [4.78, 5) is 18.2. The average Bonchev–Trinajstić information content (AvgIpc) is 2.59. The van der Waals surface area contributed by atoms with Crippen LogP contribution in [0.15, 0.2) is 16.9 Å². The van der Waals surface area contributed by atoms with Crippen molar-refractivity contribution >= 4 is 27.5 Å². The van der Waals surface area contributed by atoms with Crippen LogP contribution in [0, 0.1) is 5.92 Å². The number of anilines is 1. The summed E-state index contributed by atoms with van der Waals surface area (Å²) in [6.07, 6.45) is 4.50. The Labute approximate surface area is 102 Å². The highest BCUT2D eigenvalue weighted by Crippen LogP contribution is 2.33. The number of amides is 1. The highest BCUT2D eigenvalue weighted by Gasteiger charge is 2.33. The first-order valence-corrected chi connectivity index (χ1v) is 6.21. The van der Waals surface area contributed by atoms with Crippen LogP contribution >= 0.6 is 15.9 Å². The van der Waals surface area contributed by atoms with Crippen LogP contribution in [0.1, 0.15) is 5.56 Å². The van der Waals surface area contributed by atoms with Gasteiger partial charge < -0.3 is 10.2 Å². The van der Waals surface area contributed by atoms with E-state index in [1.54, 1.807) is 12.4 Å². The summed E-state index contributed by atoms with van der Waals surface area (Å²) < 4.78 is 1.01. The Bertz CT molecular complexity index is 445. The number of aromatic nitrogens is 1. The minimum atomic E-state index is 0.157. The Morgan fingerprint density at radius 3 is 3.00 bits per heavy atom. The van der Waals surface area contributed by atoms with Crippen molar-refractivity contribution in [1.82, 2.24) is 10.3 Å². The van der Waals surface area contributed by atoms with Crippen LogP contribution in [0.25, 0.3) is 0 Å². The Kier molecular flexibility index (Phi) is 2.44. The number of pyridine rings is 1. The normalized spacial score (nSPS) is 19.4. The number of carbonyl (C=O) groups is 1. The predicted molar refractivity (Wildman–Crippen MR) is 64.4 cm³/mol. The highest BCUT2D eigenvalue weighted by molar-refractivity contribution is 9.10. The van der Waals surface area contributed by atoms with Crippen molar-refractivity contribution in [2.45, 2.75) is 6.42 Å². The predicted octanol–water partition coefficient (Wildman–Crippen LogP) is 0.953. The minimum Gasteiger partial charge on any atom is -0.315 e. The van der Waals surface area contributed by atoms with E-state index in [1.807, 2.05) is 4.90 Å². The van der Waals surface area contributed by atoms with E-state index >= 15 is 0 Å². The second-order valence-electron chi connectivity index (χ2n) is 4.21. The molecule has 0 spiro atoms.